The van der Waals surface area contributed by atoms with Crippen LogP contribution in [-0.2, 0) is 0 Å². The molecule has 0 bridgehead atoms. The first-order valence-electron chi connectivity index (χ1n) is 6.10. The lowest BCUT2D eigenvalue weighted by Gasteiger charge is -2.03. The minimum atomic E-state index is 0.601. The van der Waals surface area contributed by atoms with Gasteiger partial charge in [0.15, 0.2) is 12.2 Å². The molecule has 0 aliphatic heterocycles. The first kappa shape index (κ1) is 12.1. The summed E-state index contributed by atoms with van der Waals surface area (Å²) in [4.78, 5) is 7.91. The van der Waals surface area contributed by atoms with Gasteiger partial charge in [-0.2, -0.15) is 5.10 Å². The summed E-state index contributed by atoms with van der Waals surface area (Å²) < 4.78 is 5.04. The molecule has 0 atom stereocenters. The smallest absolute Gasteiger partial charge is 0.181 e. The summed E-state index contributed by atoms with van der Waals surface area (Å²) in [6.45, 7) is 0. The minimum Gasteiger partial charge on any atom is -0.442 e. The van der Waals surface area contributed by atoms with E-state index in [1.807, 2.05) is 42.6 Å². The predicted octanol–water partition coefficient (Wildman–Crippen LogP) is 3.18. The molecule has 2 aromatic heterocycles. The molecule has 0 aliphatic carbocycles. The Morgan fingerprint density at radius 2 is 1.90 bits per heavy atom. The molecule has 0 unspecified atom stereocenters. The van der Waals surface area contributed by atoms with Gasteiger partial charge in [0.2, 0.25) is 0 Å². The molecule has 0 aliphatic rings. The maximum atomic E-state index is 5.04. The Morgan fingerprint density at radius 3 is 2.60 bits per heavy atom. The molecule has 2 heterocycles. The Balaban J connectivity index is 1.67. The average Bonchev–Trinajstić information content (AvgIpc) is 3.02. The molecule has 98 valence electrons. The number of hydrazone groups is 1. The molecule has 20 heavy (non-hydrogen) atoms. The van der Waals surface area contributed by atoms with E-state index in [4.69, 9.17) is 4.42 Å². The van der Waals surface area contributed by atoms with E-state index in [0.29, 0.717) is 5.76 Å². The maximum absolute atomic E-state index is 5.04. The number of rotatable bonds is 4. The second-order valence-electron chi connectivity index (χ2n) is 4.09. The van der Waals surface area contributed by atoms with Crippen LogP contribution in [-0.4, -0.2) is 16.2 Å². The van der Waals surface area contributed by atoms with Crippen molar-refractivity contribution in [1.29, 1.82) is 0 Å². The van der Waals surface area contributed by atoms with E-state index < -0.39 is 0 Å². The molecule has 0 fully saturated rings. The van der Waals surface area contributed by atoms with Gasteiger partial charge < -0.3 is 4.42 Å². The highest BCUT2D eigenvalue weighted by Crippen LogP contribution is 2.20. The summed E-state index contributed by atoms with van der Waals surface area (Å²) in [5, 5.41) is 4.07. The van der Waals surface area contributed by atoms with E-state index in [1.54, 1.807) is 18.6 Å². The third kappa shape index (κ3) is 2.89. The van der Waals surface area contributed by atoms with Gasteiger partial charge in [-0.3, -0.25) is 10.4 Å². The van der Waals surface area contributed by atoms with Crippen LogP contribution >= 0.6 is 0 Å². The zero-order valence-electron chi connectivity index (χ0n) is 10.6. The quantitative estimate of drug-likeness (QED) is 0.580. The molecule has 3 rings (SSSR count). The normalized spacial score (nSPS) is 10.8. The van der Waals surface area contributed by atoms with Crippen molar-refractivity contribution in [2.45, 2.75) is 0 Å². The van der Waals surface area contributed by atoms with Crippen LogP contribution in [0.25, 0.3) is 11.1 Å². The molecule has 0 saturated carbocycles. The van der Waals surface area contributed by atoms with Crippen molar-refractivity contribution in [3.05, 3.63) is 67.1 Å². The summed E-state index contributed by atoms with van der Waals surface area (Å²) >= 11 is 0. The Kier molecular flexibility index (Phi) is 3.51. The lowest BCUT2D eigenvalue weighted by molar-refractivity contribution is 0.551. The lowest BCUT2D eigenvalue weighted by atomic mass is 10.1. The van der Waals surface area contributed by atoms with Crippen molar-refractivity contribution in [1.82, 2.24) is 9.97 Å². The van der Waals surface area contributed by atoms with Crippen LogP contribution in [0.3, 0.4) is 0 Å². The number of benzene rings is 1. The fourth-order valence-electron chi connectivity index (χ4n) is 1.73. The Bertz CT molecular complexity index is 676. The summed E-state index contributed by atoms with van der Waals surface area (Å²) in [6.07, 6.45) is 8.13. The van der Waals surface area contributed by atoms with Gasteiger partial charge in [0.1, 0.15) is 0 Å². The van der Waals surface area contributed by atoms with Crippen LogP contribution in [0.4, 0.5) is 5.69 Å². The van der Waals surface area contributed by atoms with Gasteiger partial charge in [0.05, 0.1) is 18.1 Å². The van der Waals surface area contributed by atoms with Gasteiger partial charge in [0, 0.05) is 12.4 Å². The zero-order valence-corrected chi connectivity index (χ0v) is 10.6. The van der Waals surface area contributed by atoms with E-state index in [9.17, 15) is 0 Å². The van der Waals surface area contributed by atoms with Crippen LogP contribution in [0.15, 0.2) is 70.9 Å². The van der Waals surface area contributed by atoms with Crippen molar-refractivity contribution in [2.24, 2.45) is 5.10 Å². The molecular formula is C15H12N4O. The number of hydrogen-bond donors (Lipinski definition) is 1. The van der Waals surface area contributed by atoms with E-state index >= 15 is 0 Å². The van der Waals surface area contributed by atoms with Gasteiger partial charge in [-0.15, -0.1) is 0 Å². The van der Waals surface area contributed by atoms with Crippen LogP contribution in [0.5, 0.6) is 0 Å². The monoisotopic (exact) mass is 264 g/mol. The standard InChI is InChI=1S/C15H12N4O/c1-2-13(8-16-7-1)12-3-5-14(6-4-12)19-18-10-15-9-17-11-20-15/h1-11,19H. The minimum absolute atomic E-state index is 0.601. The van der Waals surface area contributed by atoms with Crippen LogP contribution in [0.2, 0.25) is 0 Å². The highest BCUT2D eigenvalue weighted by atomic mass is 16.3. The number of nitrogens with zero attached hydrogens (tertiary/aromatic N) is 3. The average molecular weight is 264 g/mol. The van der Waals surface area contributed by atoms with E-state index in [-0.39, 0.29) is 0 Å². The molecule has 0 radical (unpaired) electrons. The zero-order chi connectivity index (χ0) is 13.6. The van der Waals surface area contributed by atoms with Crippen LogP contribution in [0.1, 0.15) is 5.76 Å². The highest BCUT2D eigenvalue weighted by molar-refractivity contribution is 5.76. The van der Waals surface area contributed by atoms with Crippen molar-refractivity contribution in [2.75, 3.05) is 5.43 Å². The number of pyridine rings is 1. The maximum Gasteiger partial charge on any atom is 0.181 e. The fourth-order valence-corrected chi connectivity index (χ4v) is 1.73. The van der Waals surface area contributed by atoms with Gasteiger partial charge in [-0.25, -0.2) is 4.98 Å². The first-order valence-corrected chi connectivity index (χ1v) is 6.10. The molecule has 0 amide bonds. The van der Waals surface area contributed by atoms with Crippen molar-refractivity contribution < 1.29 is 4.42 Å². The molecular weight excluding hydrogens is 252 g/mol. The second kappa shape index (κ2) is 5.79. The summed E-state index contributed by atoms with van der Waals surface area (Å²) in [5.41, 5.74) is 6.03. The number of anilines is 1. The Morgan fingerprint density at radius 1 is 1.00 bits per heavy atom. The largest absolute Gasteiger partial charge is 0.442 e. The molecule has 5 heteroatoms. The Hall–Kier alpha value is -2.95. The van der Waals surface area contributed by atoms with Crippen molar-refractivity contribution in [3.8, 4) is 11.1 Å². The first-order chi connectivity index (χ1) is 9.92. The molecule has 1 N–H and O–H groups in total. The number of hydrogen-bond acceptors (Lipinski definition) is 5. The van der Waals surface area contributed by atoms with Gasteiger partial charge in [-0.1, -0.05) is 18.2 Å². The van der Waals surface area contributed by atoms with Gasteiger partial charge in [0.25, 0.3) is 0 Å². The number of aromatic nitrogens is 2. The predicted molar refractivity (Wildman–Crippen MR) is 77.4 cm³/mol. The van der Waals surface area contributed by atoms with E-state index in [2.05, 4.69) is 20.5 Å². The van der Waals surface area contributed by atoms with E-state index in [0.717, 1.165) is 16.8 Å². The molecule has 0 spiro atoms. The number of nitrogens with one attached hydrogen (secondary N) is 1. The molecule has 0 saturated heterocycles. The summed E-state index contributed by atoms with van der Waals surface area (Å²) in [7, 11) is 0. The lowest BCUT2D eigenvalue weighted by Crippen LogP contribution is -1.89. The van der Waals surface area contributed by atoms with Crippen molar-refractivity contribution >= 4 is 11.9 Å². The molecule has 3 aromatic rings. The van der Waals surface area contributed by atoms with Crippen LogP contribution in [0, 0.1) is 0 Å². The topological polar surface area (TPSA) is 63.3 Å². The third-order valence-corrected chi connectivity index (χ3v) is 2.72. The second-order valence-corrected chi connectivity index (χ2v) is 4.09. The molecule has 1 aromatic carbocycles. The third-order valence-electron chi connectivity index (χ3n) is 2.72. The Labute approximate surface area is 116 Å². The molecule has 5 nitrogen and oxygen atoms in total. The summed E-state index contributed by atoms with van der Waals surface area (Å²) in [5.74, 6) is 0.601. The SMILES string of the molecule is C(=NNc1ccc(-c2cccnc2)cc1)c1cnco1. The van der Waals surface area contributed by atoms with Crippen molar-refractivity contribution in [3.63, 3.8) is 0 Å². The fraction of sp³-hybridized carbons (Fsp3) is 0. The van der Waals surface area contributed by atoms with E-state index in [1.165, 1.54) is 6.39 Å². The highest BCUT2D eigenvalue weighted by Gasteiger charge is 1.97. The summed E-state index contributed by atoms with van der Waals surface area (Å²) in [6, 6.07) is 11.9. The van der Waals surface area contributed by atoms with Gasteiger partial charge in [-0.05, 0) is 29.3 Å². The number of oxazole rings is 1. The van der Waals surface area contributed by atoms with Crippen LogP contribution < -0.4 is 5.43 Å². The van der Waals surface area contributed by atoms with Gasteiger partial charge >= 0.3 is 0 Å².